The molecule has 0 aliphatic carbocycles. The van der Waals surface area contributed by atoms with Crippen LogP contribution in [0.2, 0.25) is 0 Å². The number of fused-ring (bicyclic) bond motifs is 1. The van der Waals surface area contributed by atoms with Gasteiger partial charge in [-0.2, -0.15) is 0 Å². The van der Waals surface area contributed by atoms with E-state index in [-0.39, 0.29) is 11.7 Å². The fourth-order valence-corrected chi connectivity index (χ4v) is 4.39. The molecule has 7 heteroatoms. The van der Waals surface area contributed by atoms with Crippen molar-refractivity contribution >= 4 is 11.7 Å². The van der Waals surface area contributed by atoms with E-state index >= 15 is 0 Å². The summed E-state index contributed by atoms with van der Waals surface area (Å²) in [6, 6.07) is 9.03. The molecule has 1 amide bonds. The summed E-state index contributed by atoms with van der Waals surface area (Å²) in [6.45, 7) is 2.97. The second-order valence-corrected chi connectivity index (χ2v) is 8.09. The van der Waals surface area contributed by atoms with Crippen LogP contribution in [0.25, 0.3) is 0 Å². The van der Waals surface area contributed by atoms with Crippen LogP contribution in [0, 0.1) is 6.92 Å². The number of Topliss-reactive ketones (excluding diaryl/α,β-unsaturated/α-hetero) is 1. The Morgan fingerprint density at radius 2 is 1.65 bits per heavy atom. The van der Waals surface area contributed by atoms with Gasteiger partial charge >= 0.3 is 0 Å². The number of aryl methyl sites for hydroxylation is 1. The van der Waals surface area contributed by atoms with Crippen molar-refractivity contribution in [2.75, 3.05) is 34.4 Å². The Labute approximate surface area is 181 Å². The van der Waals surface area contributed by atoms with Gasteiger partial charge in [0.15, 0.2) is 17.3 Å². The SMILES string of the molecule is COc1cc(C(=O)N2CCC3(CC2)CC(=O)c2cc(C)ccc2O3)cc(OC)c1OC. The summed E-state index contributed by atoms with van der Waals surface area (Å²) in [5.74, 6) is 1.95. The van der Waals surface area contributed by atoms with Gasteiger partial charge < -0.3 is 23.8 Å². The fourth-order valence-electron chi connectivity index (χ4n) is 4.39. The van der Waals surface area contributed by atoms with Gasteiger partial charge in [0.2, 0.25) is 5.75 Å². The highest BCUT2D eigenvalue weighted by atomic mass is 16.5. The van der Waals surface area contributed by atoms with Crippen LogP contribution >= 0.6 is 0 Å². The summed E-state index contributed by atoms with van der Waals surface area (Å²) < 4.78 is 22.4. The van der Waals surface area contributed by atoms with Crippen molar-refractivity contribution < 1.29 is 28.5 Å². The smallest absolute Gasteiger partial charge is 0.254 e. The third-order valence-corrected chi connectivity index (χ3v) is 6.12. The van der Waals surface area contributed by atoms with Crippen molar-refractivity contribution in [2.24, 2.45) is 0 Å². The molecule has 2 aliphatic rings. The first-order valence-electron chi connectivity index (χ1n) is 10.3. The number of hydrogen-bond acceptors (Lipinski definition) is 6. The van der Waals surface area contributed by atoms with E-state index in [4.69, 9.17) is 18.9 Å². The molecule has 2 aliphatic heterocycles. The molecule has 1 saturated heterocycles. The molecule has 31 heavy (non-hydrogen) atoms. The molecule has 0 unspecified atom stereocenters. The standard InChI is InChI=1S/C24H27NO6/c1-15-5-6-19-17(11-15)18(26)14-24(31-19)7-9-25(10-8-24)23(27)16-12-20(28-2)22(30-4)21(13-16)29-3/h5-6,11-13H,7-10,14H2,1-4H3. The van der Waals surface area contributed by atoms with Crippen LogP contribution in [0.15, 0.2) is 30.3 Å². The normalized spacial score (nSPS) is 17.0. The first-order valence-corrected chi connectivity index (χ1v) is 10.3. The molecule has 1 fully saturated rings. The van der Waals surface area contributed by atoms with Crippen molar-refractivity contribution in [1.29, 1.82) is 0 Å². The second-order valence-electron chi connectivity index (χ2n) is 8.09. The molecule has 0 bridgehead atoms. The van der Waals surface area contributed by atoms with Gasteiger partial charge in [0.05, 0.1) is 33.3 Å². The number of ketones is 1. The summed E-state index contributed by atoms with van der Waals surface area (Å²) in [5.41, 5.74) is 1.61. The third kappa shape index (κ3) is 3.80. The Morgan fingerprint density at radius 1 is 1.00 bits per heavy atom. The molecule has 0 atom stereocenters. The van der Waals surface area contributed by atoms with Gasteiger partial charge in [-0.05, 0) is 31.2 Å². The van der Waals surface area contributed by atoms with E-state index in [2.05, 4.69) is 0 Å². The maximum Gasteiger partial charge on any atom is 0.254 e. The van der Waals surface area contributed by atoms with E-state index in [0.29, 0.717) is 66.5 Å². The molecular weight excluding hydrogens is 398 g/mol. The monoisotopic (exact) mass is 425 g/mol. The number of methoxy groups -OCH3 is 3. The maximum absolute atomic E-state index is 13.2. The zero-order valence-electron chi connectivity index (χ0n) is 18.3. The lowest BCUT2D eigenvalue weighted by atomic mass is 9.82. The molecule has 2 aromatic rings. The lowest BCUT2D eigenvalue weighted by Crippen LogP contribution is -2.52. The molecule has 164 valence electrons. The van der Waals surface area contributed by atoms with E-state index in [9.17, 15) is 9.59 Å². The molecule has 0 aromatic heterocycles. The van der Waals surface area contributed by atoms with Gasteiger partial charge in [0.25, 0.3) is 5.91 Å². The lowest BCUT2D eigenvalue weighted by Gasteiger charge is -2.44. The van der Waals surface area contributed by atoms with Crippen LogP contribution in [-0.2, 0) is 0 Å². The number of benzene rings is 2. The molecule has 2 heterocycles. The number of nitrogens with zero attached hydrogens (tertiary/aromatic N) is 1. The first kappa shape index (κ1) is 21.0. The van der Waals surface area contributed by atoms with E-state index in [1.54, 1.807) is 17.0 Å². The largest absolute Gasteiger partial charge is 0.493 e. The van der Waals surface area contributed by atoms with Gasteiger partial charge in [-0.15, -0.1) is 0 Å². The minimum Gasteiger partial charge on any atom is -0.493 e. The zero-order chi connectivity index (χ0) is 22.2. The minimum atomic E-state index is -0.550. The second kappa shape index (κ2) is 8.13. The Bertz CT molecular complexity index is 998. The molecule has 7 nitrogen and oxygen atoms in total. The highest BCUT2D eigenvalue weighted by molar-refractivity contribution is 6.00. The van der Waals surface area contributed by atoms with Crippen molar-refractivity contribution in [2.45, 2.75) is 31.8 Å². The molecule has 0 radical (unpaired) electrons. The van der Waals surface area contributed by atoms with Gasteiger partial charge in [-0.1, -0.05) is 11.6 Å². The predicted molar refractivity (Wildman–Crippen MR) is 115 cm³/mol. The third-order valence-electron chi connectivity index (χ3n) is 6.12. The van der Waals surface area contributed by atoms with Gasteiger partial charge in [-0.25, -0.2) is 0 Å². The summed E-state index contributed by atoms with van der Waals surface area (Å²) in [4.78, 5) is 27.7. The van der Waals surface area contributed by atoms with E-state index in [1.165, 1.54) is 21.3 Å². The summed E-state index contributed by atoms with van der Waals surface area (Å²) in [6.07, 6.45) is 1.54. The molecule has 2 aromatic carbocycles. The summed E-state index contributed by atoms with van der Waals surface area (Å²) in [7, 11) is 4.57. The highest BCUT2D eigenvalue weighted by Gasteiger charge is 2.43. The van der Waals surface area contributed by atoms with Crippen molar-refractivity contribution in [3.63, 3.8) is 0 Å². The van der Waals surface area contributed by atoms with Crippen molar-refractivity contribution in [3.05, 3.63) is 47.0 Å². The van der Waals surface area contributed by atoms with Gasteiger partial charge in [0.1, 0.15) is 11.4 Å². The number of amides is 1. The van der Waals surface area contributed by atoms with Crippen LogP contribution in [0.3, 0.4) is 0 Å². The number of piperidine rings is 1. The fraction of sp³-hybridized carbons (Fsp3) is 0.417. The minimum absolute atomic E-state index is 0.106. The molecule has 4 rings (SSSR count). The Balaban J connectivity index is 1.51. The maximum atomic E-state index is 13.2. The van der Waals surface area contributed by atoms with E-state index in [1.807, 2.05) is 25.1 Å². The Kier molecular flexibility index (Phi) is 5.52. The predicted octanol–water partition coefficient (Wildman–Crippen LogP) is 3.66. The average Bonchev–Trinajstić information content (AvgIpc) is 2.78. The van der Waals surface area contributed by atoms with Crippen LogP contribution < -0.4 is 18.9 Å². The zero-order valence-corrected chi connectivity index (χ0v) is 18.3. The van der Waals surface area contributed by atoms with Gasteiger partial charge in [-0.3, -0.25) is 9.59 Å². The number of rotatable bonds is 4. The molecule has 1 spiro atoms. The van der Waals surface area contributed by atoms with Crippen molar-refractivity contribution in [3.8, 4) is 23.0 Å². The van der Waals surface area contributed by atoms with Crippen LogP contribution in [0.1, 0.15) is 45.5 Å². The van der Waals surface area contributed by atoms with Crippen LogP contribution in [-0.4, -0.2) is 56.6 Å². The number of likely N-dealkylation sites (tertiary alicyclic amines) is 1. The van der Waals surface area contributed by atoms with Gasteiger partial charge in [0, 0.05) is 31.5 Å². The Morgan fingerprint density at radius 3 is 2.23 bits per heavy atom. The van der Waals surface area contributed by atoms with Crippen LogP contribution in [0.5, 0.6) is 23.0 Å². The van der Waals surface area contributed by atoms with E-state index in [0.717, 1.165) is 5.56 Å². The summed E-state index contributed by atoms with van der Waals surface area (Å²) >= 11 is 0. The highest BCUT2D eigenvalue weighted by Crippen LogP contribution is 2.41. The number of carbonyl (C=O) groups excluding carboxylic acids is 2. The van der Waals surface area contributed by atoms with E-state index < -0.39 is 5.60 Å². The topological polar surface area (TPSA) is 74.3 Å². The number of ether oxygens (including phenoxy) is 4. The van der Waals surface area contributed by atoms with Crippen LogP contribution in [0.4, 0.5) is 0 Å². The average molecular weight is 425 g/mol. The molecule has 0 N–H and O–H groups in total. The Hall–Kier alpha value is -3.22. The number of carbonyl (C=O) groups is 2. The summed E-state index contributed by atoms with van der Waals surface area (Å²) in [5, 5.41) is 0. The molecular formula is C24H27NO6. The molecule has 0 saturated carbocycles. The number of hydrogen-bond donors (Lipinski definition) is 0. The lowest BCUT2D eigenvalue weighted by molar-refractivity contribution is -0.00574. The quantitative estimate of drug-likeness (QED) is 0.744. The first-order chi connectivity index (χ1) is 14.9. The van der Waals surface area contributed by atoms with Crippen molar-refractivity contribution in [1.82, 2.24) is 4.90 Å².